The molecule has 7 rings (SSSR count). The van der Waals surface area contributed by atoms with Crippen LogP contribution < -0.4 is 16.2 Å². The predicted octanol–water partition coefficient (Wildman–Crippen LogP) is 3.71. The van der Waals surface area contributed by atoms with Crippen molar-refractivity contribution >= 4 is 17.0 Å². The lowest BCUT2D eigenvalue weighted by Gasteiger charge is -2.42. The van der Waals surface area contributed by atoms with Crippen LogP contribution >= 0.6 is 0 Å². The van der Waals surface area contributed by atoms with Gasteiger partial charge in [0.25, 0.3) is 5.56 Å². The van der Waals surface area contributed by atoms with E-state index in [0.29, 0.717) is 17.0 Å². The minimum absolute atomic E-state index is 0.0772. The van der Waals surface area contributed by atoms with Crippen molar-refractivity contribution in [2.24, 2.45) is 11.1 Å². The van der Waals surface area contributed by atoms with Crippen molar-refractivity contribution < 1.29 is 4.39 Å². The van der Waals surface area contributed by atoms with Gasteiger partial charge in [-0.1, -0.05) is 36.4 Å². The fourth-order valence-corrected chi connectivity index (χ4v) is 6.45. The molecule has 2 aromatic heterocycles. The van der Waals surface area contributed by atoms with Crippen LogP contribution in [0, 0.1) is 11.2 Å². The molecule has 1 aliphatic heterocycles. The van der Waals surface area contributed by atoms with Crippen LogP contribution in [0.4, 0.5) is 10.3 Å². The number of piperidine rings is 1. The summed E-state index contributed by atoms with van der Waals surface area (Å²) in [4.78, 5) is 23.2. The van der Waals surface area contributed by atoms with Gasteiger partial charge in [-0.25, -0.2) is 4.39 Å². The fourth-order valence-electron chi connectivity index (χ4n) is 6.45. The van der Waals surface area contributed by atoms with Crippen molar-refractivity contribution in [2.45, 2.75) is 43.6 Å². The first-order chi connectivity index (χ1) is 17.0. The molecular formula is C27H27FN6O. The molecular weight excluding hydrogens is 443 g/mol. The van der Waals surface area contributed by atoms with E-state index in [2.05, 4.69) is 32.2 Å². The summed E-state index contributed by atoms with van der Waals surface area (Å²) in [6.07, 6.45) is 4.53. The van der Waals surface area contributed by atoms with Crippen molar-refractivity contribution in [2.75, 3.05) is 18.0 Å². The van der Waals surface area contributed by atoms with Crippen molar-refractivity contribution in [3.8, 4) is 0 Å². The van der Waals surface area contributed by atoms with E-state index in [1.165, 1.54) is 11.6 Å². The number of aromatic amines is 2. The highest BCUT2D eigenvalue weighted by Gasteiger charge is 2.50. The summed E-state index contributed by atoms with van der Waals surface area (Å²) in [5.74, 6) is 0.329. The van der Waals surface area contributed by atoms with Crippen LogP contribution in [0.25, 0.3) is 11.0 Å². The fraction of sp³-hybridized carbons (Fsp3) is 0.370. The van der Waals surface area contributed by atoms with Gasteiger partial charge >= 0.3 is 0 Å². The third-order valence-corrected chi connectivity index (χ3v) is 8.65. The molecule has 1 saturated heterocycles. The maximum atomic E-state index is 13.8. The minimum atomic E-state index is -0.233. The molecule has 2 aliphatic carbocycles. The summed E-state index contributed by atoms with van der Waals surface area (Å²) in [5, 5.41) is 8.17. The smallest absolute Gasteiger partial charge is 0.263 e. The molecule has 178 valence electrons. The Labute approximate surface area is 201 Å². The Morgan fingerprint density at radius 2 is 1.83 bits per heavy atom. The Morgan fingerprint density at radius 3 is 2.57 bits per heavy atom. The van der Waals surface area contributed by atoms with E-state index < -0.39 is 0 Å². The van der Waals surface area contributed by atoms with Crippen molar-refractivity contribution in [1.29, 1.82) is 0 Å². The molecule has 0 amide bonds. The maximum absolute atomic E-state index is 13.8. The molecule has 0 radical (unpaired) electrons. The molecule has 7 nitrogen and oxygen atoms in total. The summed E-state index contributed by atoms with van der Waals surface area (Å²) in [7, 11) is 0. The van der Waals surface area contributed by atoms with Gasteiger partial charge in [0.05, 0.1) is 5.69 Å². The predicted molar refractivity (Wildman–Crippen MR) is 132 cm³/mol. The number of hydrogen-bond donors (Lipinski definition) is 3. The Morgan fingerprint density at radius 1 is 1.06 bits per heavy atom. The van der Waals surface area contributed by atoms with Crippen molar-refractivity contribution in [3.05, 3.63) is 87.1 Å². The van der Waals surface area contributed by atoms with E-state index >= 15 is 0 Å². The van der Waals surface area contributed by atoms with Crippen LogP contribution in [0.1, 0.15) is 54.1 Å². The van der Waals surface area contributed by atoms with Gasteiger partial charge in [0.1, 0.15) is 11.2 Å². The first kappa shape index (κ1) is 20.8. The van der Waals surface area contributed by atoms with Crippen LogP contribution in [0.2, 0.25) is 0 Å². The maximum Gasteiger partial charge on any atom is 0.263 e. The molecule has 2 aromatic carbocycles. The zero-order valence-electron chi connectivity index (χ0n) is 19.4. The number of benzene rings is 2. The second-order valence-electron chi connectivity index (χ2n) is 10.5. The highest BCUT2D eigenvalue weighted by molar-refractivity contribution is 5.80. The summed E-state index contributed by atoms with van der Waals surface area (Å²) < 4.78 is 13.8. The first-order valence-electron chi connectivity index (χ1n) is 12.3. The lowest BCUT2D eigenvalue weighted by atomic mass is 9.73. The molecule has 8 heteroatoms. The molecule has 0 unspecified atom stereocenters. The molecule has 1 saturated carbocycles. The number of anilines is 1. The molecule has 4 aromatic rings. The number of nitrogens with zero attached hydrogens (tertiary/aromatic N) is 3. The average molecular weight is 471 g/mol. The van der Waals surface area contributed by atoms with Crippen LogP contribution in [-0.2, 0) is 11.8 Å². The zero-order valence-corrected chi connectivity index (χ0v) is 19.4. The normalized spacial score (nSPS) is 22.0. The van der Waals surface area contributed by atoms with Crippen LogP contribution in [0.3, 0.4) is 0 Å². The third-order valence-electron chi connectivity index (χ3n) is 8.65. The molecule has 3 heterocycles. The van der Waals surface area contributed by atoms with E-state index in [0.717, 1.165) is 62.0 Å². The Bertz CT molecular complexity index is 1500. The zero-order chi connectivity index (χ0) is 23.8. The average Bonchev–Trinajstić information content (AvgIpc) is 3.50. The second-order valence-corrected chi connectivity index (χ2v) is 10.5. The third kappa shape index (κ3) is 3.02. The minimum Gasteiger partial charge on any atom is -0.342 e. The van der Waals surface area contributed by atoms with Crippen molar-refractivity contribution in [3.63, 3.8) is 0 Å². The Hall–Kier alpha value is -3.52. The summed E-state index contributed by atoms with van der Waals surface area (Å²) in [5.41, 5.74) is 10.8. The lowest BCUT2D eigenvalue weighted by Crippen LogP contribution is -2.45. The van der Waals surface area contributed by atoms with Crippen molar-refractivity contribution in [1.82, 2.24) is 20.2 Å². The van der Waals surface area contributed by atoms with Gasteiger partial charge in [0.2, 0.25) is 5.95 Å². The Kier molecular flexibility index (Phi) is 4.31. The monoisotopic (exact) mass is 470 g/mol. The molecule has 4 N–H and O–H groups in total. The second kappa shape index (κ2) is 7.24. The highest BCUT2D eigenvalue weighted by Crippen LogP contribution is 2.54. The highest BCUT2D eigenvalue weighted by atomic mass is 19.1. The summed E-state index contributed by atoms with van der Waals surface area (Å²) >= 11 is 0. The van der Waals surface area contributed by atoms with Crippen LogP contribution in [-0.4, -0.2) is 33.3 Å². The summed E-state index contributed by atoms with van der Waals surface area (Å²) in [6, 6.07) is 15.1. The van der Waals surface area contributed by atoms with E-state index in [4.69, 9.17) is 10.7 Å². The number of H-pyrrole nitrogens is 2. The van der Waals surface area contributed by atoms with Crippen LogP contribution in [0.15, 0.2) is 53.3 Å². The van der Waals surface area contributed by atoms with Gasteiger partial charge in [-0.3, -0.25) is 14.9 Å². The quantitative estimate of drug-likeness (QED) is 0.424. The number of aromatic nitrogens is 4. The van der Waals surface area contributed by atoms with Gasteiger partial charge in [-0.15, -0.1) is 0 Å². The van der Waals surface area contributed by atoms with E-state index in [1.807, 2.05) is 24.3 Å². The summed E-state index contributed by atoms with van der Waals surface area (Å²) in [6.45, 7) is 1.46. The van der Waals surface area contributed by atoms with Gasteiger partial charge in [-0.05, 0) is 66.3 Å². The SMILES string of the molecule is N[C@@H]1c2cc(F)ccc2CC12CCN(c1nc3[nH]nc(C4(c5ccccc5)CC4)c3c(=O)[nH]1)CC2. The molecule has 1 spiro atoms. The van der Waals surface area contributed by atoms with Gasteiger partial charge in [0, 0.05) is 24.5 Å². The largest absolute Gasteiger partial charge is 0.342 e. The molecule has 1 atom stereocenters. The molecule has 2 fully saturated rings. The topological polar surface area (TPSA) is 104 Å². The lowest BCUT2D eigenvalue weighted by molar-refractivity contribution is 0.187. The number of nitrogens with two attached hydrogens (primary N) is 1. The number of nitrogens with one attached hydrogen (secondary N) is 2. The van der Waals surface area contributed by atoms with Gasteiger partial charge < -0.3 is 10.6 Å². The molecule has 3 aliphatic rings. The van der Waals surface area contributed by atoms with Gasteiger partial charge in [-0.2, -0.15) is 10.1 Å². The Balaban J connectivity index is 1.16. The van der Waals surface area contributed by atoms with Crippen LogP contribution in [0.5, 0.6) is 0 Å². The van der Waals surface area contributed by atoms with Gasteiger partial charge in [0.15, 0.2) is 5.65 Å². The molecule has 35 heavy (non-hydrogen) atoms. The van der Waals surface area contributed by atoms with E-state index in [9.17, 15) is 9.18 Å². The first-order valence-corrected chi connectivity index (χ1v) is 12.3. The standard InChI is InChI=1S/C27H27FN6O/c28-18-7-6-16-15-26(21(29)19(16)14-18)10-12-34(13-11-26)25-30-23-20(24(35)31-25)22(32-33-23)27(8-9-27)17-4-2-1-3-5-17/h1-7,14,21H,8-13,15,29H2,(H2,30,31,32,33,35)/t21-/m1/s1. The number of halogens is 1. The number of rotatable bonds is 3. The number of hydrogen-bond acceptors (Lipinski definition) is 5. The molecule has 0 bridgehead atoms. The van der Waals surface area contributed by atoms with E-state index in [-0.39, 0.29) is 28.2 Å². The van der Waals surface area contributed by atoms with E-state index in [1.54, 1.807) is 6.07 Å². The number of fused-ring (bicyclic) bond motifs is 2.